The van der Waals surface area contributed by atoms with Gasteiger partial charge in [0.25, 0.3) is 0 Å². The number of aromatic amines is 1. The van der Waals surface area contributed by atoms with Crippen molar-refractivity contribution in [2.45, 2.75) is 38.1 Å². The number of sulfonamides is 1. The molecular formula is C29H33N3O3S. The van der Waals surface area contributed by atoms with Crippen LogP contribution in [0.3, 0.4) is 0 Å². The zero-order valence-electron chi connectivity index (χ0n) is 20.9. The molecule has 4 aromatic rings. The molecule has 7 heteroatoms. The first-order chi connectivity index (χ1) is 17.4. The Morgan fingerprint density at radius 1 is 0.889 bits per heavy atom. The second kappa shape index (κ2) is 11.5. The molecule has 0 bridgehead atoms. The van der Waals surface area contributed by atoms with Gasteiger partial charge >= 0.3 is 0 Å². The highest BCUT2D eigenvalue weighted by Crippen LogP contribution is 2.20. The number of hydrogen-bond donors (Lipinski definition) is 1. The SMILES string of the molecule is CCCN(CC(=O)N(CCc1c[nH]c2ccccc12)Cc1ccccc1)S(=O)(=O)c1ccc(C)cc1. The lowest BCUT2D eigenvalue weighted by molar-refractivity contribution is -0.132. The molecule has 3 aromatic carbocycles. The maximum Gasteiger partial charge on any atom is 0.243 e. The molecule has 1 N–H and O–H groups in total. The fraction of sp³-hybridized carbons (Fsp3) is 0.276. The highest BCUT2D eigenvalue weighted by atomic mass is 32.2. The smallest absolute Gasteiger partial charge is 0.243 e. The van der Waals surface area contributed by atoms with Crippen LogP contribution in [0.1, 0.15) is 30.0 Å². The monoisotopic (exact) mass is 503 g/mol. The standard InChI is InChI=1S/C29H33N3O3S/c1-3-18-32(36(34,35)26-15-13-23(2)14-16-26)22-29(33)31(21-24-9-5-4-6-10-24)19-17-25-20-30-28-12-8-7-11-27(25)28/h4-16,20,30H,3,17-19,21-22H2,1-2H3. The van der Waals surface area contributed by atoms with Crippen LogP contribution < -0.4 is 0 Å². The van der Waals surface area contributed by atoms with Crippen molar-refractivity contribution in [2.75, 3.05) is 19.6 Å². The maximum atomic E-state index is 13.6. The van der Waals surface area contributed by atoms with E-state index in [4.69, 9.17) is 0 Å². The van der Waals surface area contributed by atoms with Crippen LogP contribution >= 0.6 is 0 Å². The molecule has 0 fully saturated rings. The lowest BCUT2D eigenvalue weighted by Crippen LogP contribution is -2.43. The van der Waals surface area contributed by atoms with Crippen LogP contribution in [0.5, 0.6) is 0 Å². The number of H-pyrrole nitrogens is 1. The Balaban J connectivity index is 1.56. The normalized spacial score (nSPS) is 11.8. The Hall–Kier alpha value is -3.42. The second-order valence-corrected chi connectivity index (χ2v) is 11.0. The van der Waals surface area contributed by atoms with E-state index in [2.05, 4.69) is 11.1 Å². The minimum Gasteiger partial charge on any atom is -0.361 e. The summed E-state index contributed by atoms with van der Waals surface area (Å²) in [5, 5.41) is 1.14. The van der Waals surface area contributed by atoms with Gasteiger partial charge in [-0.25, -0.2) is 8.42 Å². The van der Waals surface area contributed by atoms with Gasteiger partial charge in [-0.15, -0.1) is 0 Å². The zero-order valence-corrected chi connectivity index (χ0v) is 21.7. The zero-order chi connectivity index (χ0) is 25.5. The number of rotatable bonds is 11. The van der Waals surface area contributed by atoms with Gasteiger partial charge in [-0.2, -0.15) is 4.31 Å². The summed E-state index contributed by atoms with van der Waals surface area (Å²) in [5.74, 6) is -0.206. The largest absolute Gasteiger partial charge is 0.361 e. The molecule has 0 aliphatic heterocycles. The van der Waals surface area contributed by atoms with Gasteiger partial charge in [-0.05, 0) is 49.1 Å². The molecule has 6 nitrogen and oxygen atoms in total. The van der Waals surface area contributed by atoms with E-state index in [-0.39, 0.29) is 23.9 Å². The van der Waals surface area contributed by atoms with Crippen LogP contribution in [-0.4, -0.2) is 48.1 Å². The van der Waals surface area contributed by atoms with Crippen molar-refractivity contribution in [3.05, 3.63) is 102 Å². The Kier molecular flexibility index (Phi) is 8.23. The number of aryl methyl sites for hydroxylation is 1. The van der Waals surface area contributed by atoms with Crippen molar-refractivity contribution in [1.29, 1.82) is 0 Å². The van der Waals surface area contributed by atoms with E-state index in [1.54, 1.807) is 29.2 Å². The number of amides is 1. The van der Waals surface area contributed by atoms with Crippen LogP contribution in [0.25, 0.3) is 10.9 Å². The number of aromatic nitrogens is 1. The van der Waals surface area contributed by atoms with Gasteiger partial charge in [0.05, 0.1) is 11.4 Å². The maximum absolute atomic E-state index is 13.6. The van der Waals surface area contributed by atoms with Gasteiger partial charge in [0.1, 0.15) is 0 Å². The lowest BCUT2D eigenvalue weighted by Gasteiger charge is -2.27. The predicted octanol–water partition coefficient (Wildman–Crippen LogP) is 5.15. The molecule has 1 heterocycles. The van der Waals surface area contributed by atoms with E-state index in [1.165, 1.54) is 4.31 Å². The summed E-state index contributed by atoms with van der Waals surface area (Å²) < 4.78 is 28.1. The van der Waals surface area contributed by atoms with Gasteiger partial charge in [0, 0.05) is 36.7 Å². The van der Waals surface area contributed by atoms with Gasteiger partial charge in [0.2, 0.25) is 15.9 Å². The number of carbonyl (C=O) groups is 1. The fourth-order valence-corrected chi connectivity index (χ4v) is 5.81. The molecule has 0 aliphatic carbocycles. The Bertz CT molecular complexity index is 1400. The highest BCUT2D eigenvalue weighted by molar-refractivity contribution is 7.89. The van der Waals surface area contributed by atoms with Crippen LogP contribution in [0.2, 0.25) is 0 Å². The van der Waals surface area contributed by atoms with Crippen molar-refractivity contribution in [3.63, 3.8) is 0 Å². The molecule has 0 saturated carbocycles. The van der Waals surface area contributed by atoms with Crippen LogP contribution in [0.4, 0.5) is 0 Å². The van der Waals surface area contributed by atoms with E-state index in [0.29, 0.717) is 25.9 Å². The molecule has 0 spiro atoms. The summed E-state index contributed by atoms with van der Waals surface area (Å²) in [6.45, 7) is 4.83. The van der Waals surface area contributed by atoms with Crippen molar-refractivity contribution >= 4 is 26.8 Å². The molecule has 4 rings (SSSR count). The number of nitrogens with zero attached hydrogens (tertiary/aromatic N) is 2. The number of para-hydroxylation sites is 1. The topological polar surface area (TPSA) is 73.5 Å². The molecule has 0 saturated heterocycles. The second-order valence-electron chi connectivity index (χ2n) is 9.06. The summed E-state index contributed by atoms with van der Waals surface area (Å²) in [4.78, 5) is 18.9. The average molecular weight is 504 g/mol. The highest BCUT2D eigenvalue weighted by Gasteiger charge is 2.28. The number of benzene rings is 3. The Morgan fingerprint density at radius 2 is 1.58 bits per heavy atom. The minimum absolute atomic E-state index is 0.190. The first kappa shape index (κ1) is 25.7. The summed E-state index contributed by atoms with van der Waals surface area (Å²) >= 11 is 0. The van der Waals surface area contributed by atoms with Crippen molar-refractivity contribution < 1.29 is 13.2 Å². The van der Waals surface area contributed by atoms with Crippen LogP contribution in [0.15, 0.2) is 90.0 Å². The summed E-state index contributed by atoms with van der Waals surface area (Å²) in [6, 6.07) is 24.7. The number of nitrogens with one attached hydrogen (secondary N) is 1. The average Bonchev–Trinajstić information content (AvgIpc) is 3.30. The van der Waals surface area contributed by atoms with Crippen molar-refractivity contribution in [2.24, 2.45) is 0 Å². The third kappa shape index (κ3) is 6.04. The van der Waals surface area contributed by atoms with Gasteiger partial charge in [-0.3, -0.25) is 4.79 Å². The molecule has 1 amide bonds. The summed E-state index contributed by atoms with van der Waals surface area (Å²) in [5.41, 5.74) is 4.19. The number of hydrogen-bond acceptors (Lipinski definition) is 3. The molecule has 188 valence electrons. The fourth-order valence-electron chi connectivity index (χ4n) is 4.33. The van der Waals surface area contributed by atoms with E-state index < -0.39 is 10.0 Å². The van der Waals surface area contributed by atoms with Crippen LogP contribution in [0, 0.1) is 6.92 Å². The van der Waals surface area contributed by atoms with Gasteiger partial charge < -0.3 is 9.88 Å². The summed E-state index contributed by atoms with van der Waals surface area (Å²) in [7, 11) is -3.79. The third-order valence-electron chi connectivity index (χ3n) is 6.34. The lowest BCUT2D eigenvalue weighted by atomic mass is 10.1. The number of fused-ring (bicyclic) bond motifs is 1. The van der Waals surface area contributed by atoms with E-state index in [0.717, 1.165) is 27.6 Å². The van der Waals surface area contributed by atoms with Crippen LogP contribution in [-0.2, 0) is 27.8 Å². The quantitative estimate of drug-likeness (QED) is 0.308. The van der Waals surface area contributed by atoms with Crippen molar-refractivity contribution in [3.8, 4) is 0 Å². The van der Waals surface area contributed by atoms with Gasteiger partial charge in [-0.1, -0.05) is 73.2 Å². The molecule has 0 aliphatic rings. The van der Waals surface area contributed by atoms with E-state index in [1.807, 2.05) is 68.6 Å². The molecule has 0 radical (unpaired) electrons. The van der Waals surface area contributed by atoms with E-state index >= 15 is 0 Å². The first-order valence-electron chi connectivity index (χ1n) is 12.3. The summed E-state index contributed by atoms with van der Waals surface area (Å²) in [6.07, 6.45) is 3.27. The minimum atomic E-state index is -3.79. The van der Waals surface area contributed by atoms with Gasteiger partial charge in [0.15, 0.2) is 0 Å². The molecule has 1 aromatic heterocycles. The molecule has 0 unspecified atom stereocenters. The Labute approximate surface area is 213 Å². The van der Waals surface area contributed by atoms with Crippen molar-refractivity contribution in [1.82, 2.24) is 14.2 Å². The third-order valence-corrected chi connectivity index (χ3v) is 8.20. The molecule has 0 atom stereocenters. The Morgan fingerprint density at radius 3 is 2.31 bits per heavy atom. The van der Waals surface area contributed by atoms with E-state index in [9.17, 15) is 13.2 Å². The first-order valence-corrected chi connectivity index (χ1v) is 13.8. The number of carbonyl (C=O) groups excluding carboxylic acids is 1. The molecular weight excluding hydrogens is 470 g/mol. The predicted molar refractivity (Wildman–Crippen MR) is 144 cm³/mol. The molecule has 36 heavy (non-hydrogen) atoms.